The number of rotatable bonds is 3. The van der Waals surface area contributed by atoms with Crippen LogP contribution in [-0.4, -0.2) is 18.1 Å². The molecule has 134 valence electrons. The molecule has 0 aliphatic carbocycles. The Balaban J connectivity index is 1.78. The first-order valence-electron chi connectivity index (χ1n) is 7.84. The van der Waals surface area contributed by atoms with Crippen LogP contribution in [0.2, 0.25) is 5.02 Å². The standard InChI is InChI=1S/C19H17ClN2O2S2/c1-10-6-11(2)8-12(7-10)21-19(25)22-18(23)17-16(20)14-5-4-13(24-3)9-15(14)26-17/h4-9H,1-3H3,(H2,21,22,23,25). The van der Waals surface area contributed by atoms with Crippen molar-refractivity contribution in [2.45, 2.75) is 13.8 Å². The van der Waals surface area contributed by atoms with Gasteiger partial charge in [-0.15, -0.1) is 11.3 Å². The molecule has 0 aliphatic rings. The molecular weight excluding hydrogens is 388 g/mol. The van der Waals surface area contributed by atoms with E-state index < -0.39 is 0 Å². The number of carbonyl (C=O) groups excluding carboxylic acids is 1. The number of benzene rings is 2. The zero-order valence-corrected chi connectivity index (χ0v) is 16.9. The molecule has 0 radical (unpaired) electrons. The first kappa shape index (κ1) is 18.6. The number of thiocarbonyl (C=S) groups is 1. The second-order valence-electron chi connectivity index (χ2n) is 5.89. The lowest BCUT2D eigenvalue weighted by atomic mass is 10.1. The summed E-state index contributed by atoms with van der Waals surface area (Å²) in [5.41, 5.74) is 3.06. The van der Waals surface area contributed by atoms with E-state index in [1.165, 1.54) is 11.3 Å². The smallest absolute Gasteiger partial charge is 0.269 e. The van der Waals surface area contributed by atoms with Gasteiger partial charge in [0.25, 0.3) is 5.91 Å². The Morgan fingerprint density at radius 3 is 2.50 bits per heavy atom. The van der Waals surface area contributed by atoms with Crippen molar-refractivity contribution >= 4 is 61.9 Å². The molecule has 0 saturated heterocycles. The summed E-state index contributed by atoms with van der Waals surface area (Å²) in [6.45, 7) is 4.01. The lowest BCUT2D eigenvalue weighted by Gasteiger charge is -2.10. The van der Waals surface area contributed by atoms with Crippen LogP contribution >= 0.6 is 35.2 Å². The summed E-state index contributed by atoms with van der Waals surface area (Å²) in [5.74, 6) is 0.381. The minimum atomic E-state index is -0.336. The fourth-order valence-corrected chi connectivity index (χ4v) is 4.34. The number of ether oxygens (including phenoxy) is 1. The van der Waals surface area contributed by atoms with Crippen molar-refractivity contribution in [1.82, 2.24) is 5.32 Å². The Morgan fingerprint density at radius 1 is 1.15 bits per heavy atom. The summed E-state index contributed by atoms with van der Waals surface area (Å²) >= 11 is 12.9. The number of anilines is 1. The van der Waals surface area contributed by atoms with Gasteiger partial charge in [0.2, 0.25) is 0 Å². The van der Waals surface area contributed by atoms with Crippen LogP contribution in [-0.2, 0) is 0 Å². The predicted octanol–water partition coefficient (Wildman–Crippen LogP) is 5.31. The Hall–Kier alpha value is -2.15. The van der Waals surface area contributed by atoms with Gasteiger partial charge in [0.1, 0.15) is 10.6 Å². The number of nitrogens with one attached hydrogen (secondary N) is 2. The Kier molecular flexibility index (Phi) is 5.46. The highest BCUT2D eigenvalue weighted by atomic mass is 35.5. The van der Waals surface area contributed by atoms with Gasteiger partial charge in [0.05, 0.1) is 12.1 Å². The second-order valence-corrected chi connectivity index (χ2v) is 7.73. The average Bonchev–Trinajstić information content (AvgIpc) is 2.90. The van der Waals surface area contributed by atoms with Gasteiger partial charge >= 0.3 is 0 Å². The maximum atomic E-state index is 12.6. The second kappa shape index (κ2) is 7.61. The number of hydrogen-bond acceptors (Lipinski definition) is 4. The lowest BCUT2D eigenvalue weighted by molar-refractivity contribution is 0.0982. The molecule has 0 aliphatic heterocycles. The van der Waals surface area contributed by atoms with Crippen LogP contribution in [0.15, 0.2) is 36.4 Å². The fraction of sp³-hybridized carbons (Fsp3) is 0.158. The van der Waals surface area contributed by atoms with Gasteiger partial charge in [-0.1, -0.05) is 17.7 Å². The number of carbonyl (C=O) groups is 1. The lowest BCUT2D eigenvalue weighted by Crippen LogP contribution is -2.33. The summed E-state index contributed by atoms with van der Waals surface area (Å²) in [4.78, 5) is 13.0. The Morgan fingerprint density at radius 2 is 1.85 bits per heavy atom. The van der Waals surface area contributed by atoms with Crippen molar-refractivity contribution in [2.75, 3.05) is 12.4 Å². The van der Waals surface area contributed by atoms with Crippen molar-refractivity contribution in [1.29, 1.82) is 0 Å². The van der Waals surface area contributed by atoms with Gasteiger partial charge in [-0.05, 0) is 67.5 Å². The summed E-state index contributed by atoms with van der Waals surface area (Å²) in [6, 6.07) is 11.5. The van der Waals surface area contributed by atoms with Crippen LogP contribution in [0, 0.1) is 13.8 Å². The zero-order chi connectivity index (χ0) is 18.8. The summed E-state index contributed by atoms with van der Waals surface area (Å²) in [7, 11) is 1.60. The molecule has 4 nitrogen and oxygen atoms in total. The maximum absolute atomic E-state index is 12.6. The normalized spacial score (nSPS) is 10.6. The third kappa shape index (κ3) is 3.98. The molecule has 0 atom stereocenters. The summed E-state index contributed by atoms with van der Waals surface area (Å²) in [6.07, 6.45) is 0. The number of amides is 1. The van der Waals surface area contributed by atoms with E-state index in [4.69, 9.17) is 28.6 Å². The van der Waals surface area contributed by atoms with Gasteiger partial charge in [-0.2, -0.15) is 0 Å². The highest BCUT2D eigenvalue weighted by molar-refractivity contribution is 7.80. The monoisotopic (exact) mass is 404 g/mol. The first-order chi connectivity index (χ1) is 12.4. The predicted molar refractivity (Wildman–Crippen MR) is 113 cm³/mol. The molecule has 0 unspecified atom stereocenters. The van der Waals surface area contributed by atoms with Gasteiger partial charge in [0.15, 0.2) is 5.11 Å². The first-order valence-corrected chi connectivity index (χ1v) is 9.44. The Labute approximate surface area is 166 Å². The minimum absolute atomic E-state index is 0.228. The van der Waals surface area contributed by atoms with E-state index in [0.29, 0.717) is 9.90 Å². The van der Waals surface area contributed by atoms with E-state index in [0.717, 1.165) is 32.6 Å². The SMILES string of the molecule is COc1ccc2c(Cl)c(C(=O)NC(=S)Nc3cc(C)cc(C)c3)sc2c1. The van der Waals surface area contributed by atoms with Crippen molar-refractivity contribution < 1.29 is 9.53 Å². The van der Waals surface area contributed by atoms with Crippen molar-refractivity contribution in [2.24, 2.45) is 0 Å². The van der Waals surface area contributed by atoms with Crippen LogP contribution in [0.4, 0.5) is 5.69 Å². The van der Waals surface area contributed by atoms with Crippen LogP contribution in [0.5, 0.6) is 5.75 Å². The van der Waals surface area contributed by atoms with Crippen LogP contribution in [0.1, 0.15) is 20.8 Å². The average molecular weight is 405 g/mol. The van der Waals surface area contributed by atoms with Gasteiger partial charge in [0, 0.05) is 15.8 Å². The van der Waals surface area contributed by atoms with Gasteiger partial charge in [-0.25, -0.2) is 0 Å². The van der Waals surface area contributed by atoms with Crippen molar-refractivity contribution in [3.8, 4) is 5.75 Å². The van der Waals surface area contributed by atoms with Gasteiger partial charge in [-0.3, -0.25) is 10.1 Å². The number of methoxy groups -OCH3 is 1. The van der Waals surface area contributed by atoms with Gasteiger partial charge < -0.3 is 10.1 Å². The molecule has 7 heteroatoms. The molecule has 3 aromatic rings. The third-order valence-corrected chi connectivity index (χ3v) is 5.61. The highest BCUT2D eigenvalue weighted by Gasteiger charge is 2.18. The maximum Gasteiger partial charge on any atom is 0.269 e. The molecule has 3 rings (SSSR count). The minimum Gasteiger partial charge on any atom is -0.497 e. The van der Waals surface area contributed by atoms with E-state index in [2.05, 4.69) is 16.7 Å². The number of thiophene rings is 1. The summed E-state index contributed by atoms with van der Waals surface area (Å²) < 4.78 is 6.10. The molecule has 0 bridgehead atoms. The largest absolute Gasteiger partial charge is 0.497 e. The molecule has 2 N–H and O–H groups in total. The molecule has 0 spiro atoms. The van der Waals surface area contributed by atoms with E-state index in [-0.39, 0.29) is 11.0 Å². The fourth-order valence-electron chi connectivity index (χ4n) is 2.69. The van der Waals surface area contributed by atoms with Crippen LogP contribution in [0.25, 0.3) is 10.1 Å². The Bertz CT molecular complexity index is 994. The van der Waals surface area contributed by atoms with E-state index in [1.807, 2.05) is 44.2 Å². The molecule has 1 aromatic heterocycles. The van der Waals surface area contributed by atoms with Crippen LogP contribution in [0.3, 0.4) is 0 Å². The topological polar surface area (TPSA) is 50.4 Å². The van der Waals surface area contributed by atoms with Crippen molar-refractivity contribution in [3.63, 3.8) is 0 Å². The molecule has 2 aromatic carbocycles. The van der Waals surface area contributed by atoms with Crippen LogP contribution < -0.4 is 15.4 Å². The number of hydrogen-bond donors (Lipinski definition) is 2. The van der Waals surface area contributed by atoms with E-state index in [1.54, 1.807) is 7.11 Å². The quantitative estimate of drug-likeness (QED) is 0.581. The molecular formula is C19H17ClN2O2S2. The molecule has 1 amide bonds. The number of aryl methyl sites for hydroxylation is 2. The molecule has 0 saturated carbocycles. The number of fused-ring (bicyclic) bond motifs is 1. The number of halogens is 1. The van der Waals surface area contributed by atoms with E-state index in [9.17, 15) is 4.79 Å². The van der Waals surface area contributed by atoms with Crippen molar-refractivity contribution in [3.05, 3.63) is 57.4 Å². The van der Waals surface area contributed by atoms with E-state index >= 15 is 0 Å². The molecule has 1 heterocycles. The summed E-state index contributed by atoms with van der Waals surface area (Å²) in [5, 5.41) is 7.19. The highest BCUT2D eigenvalue weighted by Crippen LogP contribution is 2.37. The molecule has 0 fully saturated rings. The third-order valence-electron chi connectivity index (χ3n) is 3.75. The molecule has 26 heavy (non-hydrogen) atoms. The zero-order valence-electron chi connectivity index (χ0n) is 14.5.